The van der Waals surface area contributed by atoms with Gasteiger partial charge in [0.2, 0.25) is 5.91 Å². The van der Waals surface area contributed by atoms with Crippen LogP contribution < -0.4 is 16.8 Å². The number of unbranched alkanes of at least 4 members (excludes halogenated alkanes) is 1. The molecule has 34 heavy (non-hydrogen) atoms. The largest absolute Gasteiger partial charge is 0.456 e. The zero-order chi connectivity index (χ0) is 23.5. The van der Waals surface area contributed by atoms with Gasteiger partial charge in [-0.3, -0.25) is 4.79 Å². The molecule has 172 valence electrons. The van der Waals surface area contributed by atoms with Gasteiger partial charge in [0.25, 0.3) is 0 Å². The molecule has 0 aliphatic rings. The molecule has 0 spiro atoms. The van der Waals surface area contributed by atoms with Crippen LogP contribution in [0.4, 0.5) is 5.69 Å². The van der Waals surface area contributed by atoms with Crippen molar-refractivity contribution in [2.24, 2.45) is 11.5 Å². The van der Waals surface area contributed by atoms with E-state index in [1.54, 1.807) is 4.68 Å². The third kappa shape index (κ3) is 4.41. The minimum Gasteiger partial charge on any atom is -0.456 e. The zero-order valence-electron chi connectivity index (χ0n) is 18.6. The second-order valence-corrected chi connectivity index (χ2v) is 8.28. The fourth-order valence-electron chi connectivity index (χ4n) is 3.98. The van der Waals surface area contributed by atoms with E-state index in [9.17, 15) is 4.79 Å². The number of hydrogen-bond acceptors (Lipinski definition) is 6. The van der Waals surface area contributed by atoms with E-state index in [4.69, 9.17) is 15.9 Å². The van der Waals surface area contributed by atoms with Crippen LogP contribution >= 0.6 is 0 Å². The molecule has 0 saturated heterocycles. The van der Waals surface area contributed by atoms with Crippen LogP contribution in [0.1, 0.15) is 19.3 Å². The number of furan rings is 1. The summed E-state index contributed by atoms with van der Waals surface area (Å²) in [7, 11) is 0. The number of para-hydroxylation sites is 1. The first kappa shape index (κ1) is 21.8. The van der Waals surface area contributed by atoms with E-state index in [1.807, 2.05) is 60.8 Å². The van der Waals surface area contributed by atoms with Crippen LogP contribution in [0.5, 0.6) is 0 Å². The SMILES string of the molecule is NCCCCC(N)C(=O)Nc1ccc(-n2cc(-c3ccc4oc5ccccc5c4c3)nn2)cc1. The molecule has 1 atom stereocenters. The summed E-state index contributed by atoms with van der Waals surface area (Å²) < 4.78 is 7.62. The molecule has 5 aromatic rings. The average molecular weight is 455 g/mol. The maximum Gasteiger partial charge on any atom is 0.241 e. The molecule has 0 saturated carbocycles. The quantitative estimate of drug-likeness (QED) is 0.301. The van der Waals surface area contributed by atoms with Crippen LogP contribution in [-0.2, 0) is 4.79 Å². The Morgan fingerprint density at radius 1 is 1.00 bits per heavy atom. The number of nitrogens with zero attached hydrogens (tertiary/aromatic N) is 3. The van der Waals surface area contributed by atoms with Gasteiger partial charge in [-0.05, 0) is 67.9 Å². The molecule has 8 nitrogen and oxygen atoms in total. The Kier molecular flexibility index (Phi) is 6.07. The van der Waals surface area contributed by atoms with Crippen LogP contribution in [0, 0.1) is 0 Å². The first-order valence-corrected chi connectivity index (χ1v) is 11.3. The summed E-state index contributed by atoms with van der Waals surface area (Å²) in [6, 6.07) is 20.8. The van der Waals surface area contributed by atoms with Crippen LogP contribution in [0.3, 0.4) is 0 Å². The molecule has 0 aliphatic carbocycles. The highest BCUT2D eigenvalue weighted by Crippen LogP contribution is 2.31. The van der Waals surface area contributed by atoms with Gasteiger partial charge in [0.05, 0.1) is 17.9 Å². The van der Waals surface area contributed by atoms with Crippen molar-refractivity contribution in [3.63, 3.8) is 0 Å². The Morgan fingerprint density at radius 3 is 2.62 bits per heavy atom. The number of carbonyl (C=O) groups excluding carboxylic acids is 1. The number of nitrogens with one attached hydrogen (secondary N) is 1. The third-order valence-corrected chi connectivity index (χ3v) is 5.87. The fraction of sp³-hybridized carbons (Fsp3) is 0.192. The van der Waals surface area contributed by atoms with E-state index < -0.39 is 6.04 Å². The highest BCUT2D eigenvalue weighted by atomic mass is 16.3. The molecule has 3 aromatic carbocycles. The van der Waals surface area contributed by atoms with Gasteiger partial charge in [-0.25, -0.2) is 4.68 Å². The number of hydrogen-bond donors (Lipinski definition) is 3. The van der Waals surface area contributed by atoms with Crippen molar-refractivity contribution in [3.8, 4) is 16.9 Å². The number of aromatic nitrogens is 3. The zero-order valence-corrected chi connectivity index (χ0v) is 18.6. The maximum absolute atomic E-state index is 12.3. The molecule has 1 unspecified atom stereocenters. The normalized spacial score (nSPS) is 12.3. The minimum absolute atomic E-state index is 0.199. The number of benzene rings is 3. The van der Waals surface area contributed by atoms with Gasteiger partial charge in [-0.15, -0.1) is 5.10 Å². The summed E-state index contributed by atoms with van der Waals surface area (Å²) >= 11 is 0. The summed E-state index contributed by atoms with van der Waals surface area (Å²) in [5.41, 5.74) is 16.4. The van der Waals surface area contributed by atoms with Gasteiger partial charge in [0.1, 0.15) is 16.9 Å². The molecule has 0 bridgehead atoms. The lowest BCUT2D eigenvalue weighted by molar-refractivity contribution is -0.117. The highest BCUT2D eigenvalue weighted by molar-refractivity contribution is 6.06. The Labute approximate surface area is 196 Å². The monoisotopic (exact) mass is 454 g/mol. The van der Waals surface area contributed by atoms with Crippen molar-refractivity contribution < 1.29 is 9.21 Å². The smallest absolute Gasteiger partial charge is 0.241 e. The number of anilines is 1. The maximum atomic E-state index is 12.3. The van der Waals surface area contributed by atoms with E-state index >= 15 is 0 Å². The van der Waals surface area contributed by atoms with Gasteiger partial charge in [0.15, 0.2) is 0 Å². The first-order valence-electron chi connectivity index (χ1n) is 11.3. The van der Waals surface area contributed by atoms with Crippen LogP contribution in [0.15, 0.2) is 77.3 Å². The molecule has 5 N–H and O–H groups in total. The number of amides is 1. The van der Waals surface area contributed by atoms with Crippen molar-refractivity contribution in [1.82, 2.24) is 15.0 Å². The molecule has 5 rings (SSSR count). The third-order valence-electron chi connectivity index (χ3n) is 5.87. The predicted octanol–water partition coefficient (Wildman–Crippen LogP) is 4.23. The predicted molar refractivity (Wildman–Crippen MR) is 134 cm³/mol. The van der Waals surface area contributed by atoms with Crippen molar-refractivity contribution in [3.05, 3.63) is 72.9 Å². The summed E-state index contributed by atoms with van der Waals surface area (Å²) in [5, 5.41) is 13.6. The van der Waals surface area contributed by atoms with Gasteiger partial charge in [0, 0.05) is 22.0 Å². The molecular weight excluding hydrogens is 428 g/mol. The minimum atomic E-state index is -0.547. The lowest BCUT2D eigenvalue weighted by Gasteiger charge is -2.12. The lowest BCUT2D eigenvalue weighted by Crippen LogP contribution is -2.35. The van der Waals surface area contributed by atoms with Gasteiger partial charge >= 0.3 is 0 Å². The molecule has 2 heterocycles. The van der Waals surface area contributed by atoms with E-state index in [0.717, 1.165) is 51.7 Å². The molecule has 0 aliphatic heterocycles. The number of nitrogens with two attached hydrogens (primary N) is 2. The van der Waals surface area contributed by atoms with Crippen LogP contribution in [0.25, 0.3) is 38.9 Å². The topological polar surface area (TPSA) is 125 Å². The van der Waals surface area contributed by atoms with Crippen LogP contribution in [-0.4, -0.2) is 33.5 Å². The Balaban J connectivity index is 1.31. The first-order chi connectivity index (χ1) is 16.6. The standard InChI is InChI=1S/C26H26N6O2/c27-14-4-3-6-22(28)26(33)29-18-9-11-19(12-10-18)32-16-23(30-31-32)17-8-13-25-21(15-17)20-5-1-2-7-24(20)34-25/h1-2,5,7-13,15-16,22H,3-4,6,14,27-28H2,(H,29,33). The van der Waals surface area contributed by atoms with Gasteiger partial charge in [-0.1, -0.05) is 29.8 Å². The fourth-order valence-corrected chi connectivity index (χ4v) is 3.98. The Hall–Kier alpha value is -4.01. The summed E-state index contributed by atoms with van der Waals surface area (Å²) in [4.78, 5) is 12.3. The van der Waals surface area contributed by atoms with E-state index in [0.29, 0.717) is 18.7 Å². The Bertz CT molecular complexity index is 1440. The second-order valence-electron chi connectivity index (χ2n) is 8.28. The summed E-state index contributed by atoms with van der Waals surface area (Å²) in [6.45, 7) is 0.606. The molecular formula is C26H26N6O2. The van der Waals surface area contributed by atoms with Gasteiger partial charge in [-0.2, -0.15) is 0 Å². The van der Waals surface area contributed by atoms with Crippen molar-refractivity contribution in [2.45, 2.75) is 25.3 Å². The van der Waals surface area contributed by atoms with Crippen molar-refractivity contribution in [2.75, 3.05) is 11.9 Å². The van der Waals surface area contributed by atoms with Crippen LogP contribution in [0.2, 0.25) is 0 Å². The van der Waals surface area contributed by atoms with Crippen molar-refractivity contribution in [1.29, 1.82) is 0 Å². The summed E-state index contributed by atoms with van der Waals surface area (Å²) in [5.74, 6) is -0.199. The van der Waals surface area contributed by atoms with Crippen molar-refractivity contribution >= 4 is 33.5 Å². The highest BCUT2D eigenvalue weighted by Gasteiger charge is 2.14. The molecule has 1 amide bonds. The number of carbonyl (C=O) groups is 1. The summed E-state index contributed by atoms with van der Waals surface area (Å²) in [6.07, 6.45) is 4.19. The Morgan fingerprint density at radius 2 is 1.79 bits per heavy atom. The number of rotatable bonds is 8. The molecule has 0 radical (unpaired) electrons. The second kappa shape index (κ2) is 9.46. The van der Waals surface area contributed by atoms with E-state index in [1.165, 1.54) is 0 Å². The number of fused-ring (bicyclic) bond motifs is 3. The van der Waals surface area contributed by atoms with Gasteiger partial charge < -0.3 is 21.2 Å². The lowest BCUT2D eigenvalue weighted by atomic mass is 10.1. The molecule has 2 aromatic heterocycles. The molecule has 0 fully saturated rings. The van der Waals surface area contributed by atoms with E-state index in [2.05, 4.69) is 27.8 Å². The molecule has 8 heteroatoms. The average Bonchev–Trinajstić information content (AvgIpc) is 3.49. The van der Waals surface area contributed by atoms with E-state index in [-0.39, 0.29) is 5.91 Å².